The second-order valence-corrected chi connectivity index (χ2v) is 13.9. The molecule has 0 unspecified atom stereocenters. The number of nitrogens with one attached hydrogen (secondary N) is 2. The van der Waals surface area contributed by atoms with Gasteiger partial charge in [0.25, 0.3) is 5.91 Å². The largest absolute Gasteiger partial charge is 0.505 e. The van der Waals surface area contributed by atoms with Crippen LogP contribution in [0.2, 0.25) is 0 Å². The molecule has 12 heteroatoms. The van der Waals surface area contributed by atoms with Crippen LogP contribution in [0.1, 0.15) is 21.5 Å². The van der Waals surface area contributed by atoms with Crippen LogP contribution in [0.25, 0.3) is 44.1 Å². The summed E-state index contributed by atoms with van der Waals surface area (Å²) in [6.07, 6.45) is 0. The molecule has 0 aliphatic heterocycles. The first-order valence-corrected chi connectivity index (χ1v) is 19.0. The Balaban J connectivity index is 0.952. The van der Waals surface area contributed by atoms with Gasteiger partial charge in [-0.05, 0) is 90.0 Å². The summed E-state index contributed by atoms with van der Waals surface area (Å²) in [6, 6.07) is 47.9. The van der Waals surface area contributed by atoms with Crippen molar-refractivity contribution in [1.29, 1.82) is 0 Å². The number of aromatic nitrogens is 1. The molecule has 4 N–H and O–H groups in total. The van der Waals surface area contributed by atoms with Gasteiger partial charge in [0, 0.05) is 33.7 Å². The van der Waals surface area contributed by atoms with Crippen LogP contribution < -0.4 is 10.8 Å². The number of carbonyl (C=O) groups is 1. The van der Waals surface area contributed by atoms with Crippen molar-refractivity contribution in [1.82, 2.24) is 4.98 Å². The number of phenols is 2. The van der Waals surface area contributed by atoms with E-state index in [4.69, 9.17) is 14.2 Å². The molecule has 0 atom stereocenters. The van der Waals surface area contributed by atoms with E-state index in [1.165, 1.54) is 0 Å². The maximum atomic E-state index is 13.3. The molecule has 9 aromatic rings. The van der Waals surface area contributed by atoms with Crippen LogP contribution >= 0.6 is 0 Å². The number of benzene rings is 8. The highest BCUT2D eigenvalue weighted by Gasteiger charge is 2.19. The van der Waals surface area contributed by atoms with E-state index >= 15 is 0 Å². The first kappa shape index (κ1) is 37.4. The molecular formula is C48H35N7O5. The Bertz CT molecular complexity index is 3110. The number of fused-ring (bicyclic) bond motifs is 3. The van der Waals surface area contributed by atoms with E-state index < -0.39 is 5.91 Å². The first-order valence-electron chi connectivity index (χ1n) is 19.0. The standard InChI is InChI=1S/C48H35N7O5/c1-29-24-32(20-22-40(29)52-54-44-38-19-11-9-13-31(38)26-39(46(44)57)47(58)49-34-14-4-2-5-15-34)48-50-41-23-21-36(27-42(41)60-48)51-53-43-37-18-10-8-12-30(37)25-33(45(43)56)28-59-55-35-16-6-3-7-17-35/h2-27,55-57H,28H2,1H3,(H,49,58). The van der Waals surface area contributed by atoms with Crippen LogP contribution in [-0.4, -0.2) is 21.1 Å². The fourth-order valence-corrected chi connectivity index (χ4v) is 6.81. The fraction of sp³-hybridized carbons (Fsp3) is 0.0417. The van der Waals surface area contributed by atoms with Crippen LogP contribution in [0.5, 0.6) is 11.5 Å². The summed E-state index contributed by atoms with van der Waals surface area (Å²) in [5.41, 5.74) is 9.12. The third-order valence-electron chi connectivity index (χ3n) is 9.88. The first-order chi connectivity index (χ1) is 29.4. The lowest BCUT2D eigenvalue weighted by Gasteiger charge is -2.12. The number of hydrogen-bond acceptors (Lipinski definition) is 11. The van der Waals surface area contributed by atoms with E-state index in [-0.39, 0.29) is 29.4 Å². The van der Waals surface area contributed by atoms with Gasteiger partial charge in [0.2, 0.25) is 5.89 Å². The molecule has 1 amide bonds. The highest BCUT2D eigenvalue weighted by Crippen LogP contribution is 2.42. The van der Waals surface area contributed by atoms with Gasteiger partial charge in [0.05, 0.1) is 22.6 Å². The minimum Gasteiger partial charge on any atom is -0.505 e. The van der Waals surface area contributed by atoms with Crippen LogP contribution in [0.4, 0.5) is 34.1 Å². The van der Waals surface area contributed by atoms with Crippen LogP contribution in [-0.2, 0) is 11.4 Å². The average Bonchev–Trinajstić information content (AvgIpc) is 3.71. The van der Waals surface area contributed by atoms with Crippen LogP contribution in [0.3, 0.4) is 0 Å². The lowest BCUT2D eigenvalue weighted by atomic mass is 10.0. The molecule has 0 saturated carbocycles. The van der Waals surface area contributed by atoms with Crippen LogP contribution in [0, 0.1) is 6.92 Å². The Morgan fingerprint density at radius 3 is 2.05 bits per heavy atom. The van der Waals surface area contributed by atoms with Crippen molar-refractivity contribution >= 4 is 72.7 Å². The van der Waals surface area contributed by atoms with Gasteiger partial charge >= 0.3 is 0 Å². The minimum absolute atomic E-state index is 0.0291. The predicted octanol–water partition coefficient (Wildman–Crippen LogP) is 13.1. The second-order valence-electron chi connectivity index (χ2n) is 13.9. The smallest absolute Gasteiger partial charge is 0.259 e. The molecule has 0 aliphatic rings. The van der Waals surface area contributed by atoms with Gasteiger partial charge in [-0.15, -0.1) is 10.2 Å². The van der Waals surface area contributed by atoms with Crippen molar-refractivity contribution in [2.24, 2.45) is 20.5 Å². The molecule has 12 nitrogen and oxygen atoms in total. The van der Waals surface area contributed by atoms with Crippen molar-refractivity contribution < 1.29 is 24.3 Å². The third-order valence-corrected chi connectivity index (χ3v) is 9.88. The molecule has 0 fully saturated rings. The maximum Gasteiger partial charge on any atom is 0.259 e. The van der Waals surface area contributed by atoms with Gasteiger partial charge in [-0.25, -0.2) is 4.98 Å². The molecule has 1 heterocycles. The maximum absolute atomic E-state index is 13.3. The summed E-state index contributed by atoms with van der Waals surface area (Å²) in [5.74, 6) is -0.372. The molecule has 9 rings (SSSR count). The number of carbonyl (C=O) groups excluding carboxylic acids is 1. The number of amides is 1. The van der Waals surface area contributed by atoms with E-state index in [1.807, 2.05) is 122 Å². The monoisotopic (exact) mass is 789 g/mol. The number of phenolic OH excluding ortho intramolecular Hbond substituents is 2. The third kappa shape index (κ3) is 7.73. The van der Waals surface area contributed by atoms with Gasteiger partial charge < -0.3 is 19.9 Å². The lowest BCUT2D eigenvalue weighted by Crippen LogP contribution is -2.12. The minimum atomic E-state index is -0.466. The summed E-state index contributed by atoms with van der Waals surface area (Å²) in [4.78, 5) is 23.7. The van der Waals surface area contributed by atoms with Gasteiger partial charge in [-0.2, -0.15) is 10.2 Å². The molecule has 0 spiro atoms. The number of anilines is 2. The van der Waals surface area contributed by atoms with Crippen molar-refractivity contribution in [2.45, 2.75) is 13.5 Å². The van der Waals surface area contributed by atoms with E-state index in [0.29, 0.717) is 50.7 Å². The van der Waals surface area contributed by atoms with Crippen molar-refractivity contribution in [3.05, 3.63) is 174 Å². The fourth-order valence-electron chi connectivity index (χ4n) is 6.81. The number of azo groups is 2. The molecule has 0 saturated heterocycles. The van der Waals surface area contributed by atoms with E-state index in [0.717, 1.165) is 33.0 Å². The summed E-state index contributed by atoms with van der Waals surface area (Å²) < 4.78 is 6.20. The Morgan fingerprint density at radius 1 is 0.667 bits per heavy atom. The number of rotatable bonds is 11. The molecule has 0 radical (unpaired) electrons. The predicted molar refractivity (Wildman–Crippen MR) is 233 cm³/mol. The normalized spacial score (nSPS) is 11.6. The molecular weight excluding hydrogens is 755 g/mol. The van der Waals surface area contributed by atoms with Crippen molar-refractivity contribution in [2.75, 3.05) is 10.8 Å². The number of oxazole rings is 1. The summed E-state index contributed by atoms with van der Waals surface area (Å²) in [7, 11) is 0. The topological polar surface area (TPSA) is 166 Å². The Kier molecular flexibility index (Phi) is 10.2. The molecule has 292 valence electrons. The molecule has 0 bridgehead atoms. The van der Waals surface area contributed by atoms with Gasteiger partial charge in [0.1, 0.15) is 29.2 Å². The quantitative estimate of drug-likeness (QED) is 0.0747. The van der Waals surface area contributed by atoms with Gasteiger partial charge in [-0.3, -0.25) is 15.1 Å². The van der Waals surface area contributed by atoms with E-state index in [1.54, 1.807) is 42.5 Å². The molecule has 60 heavy (non-hydrogen) atoms. The zero-order valence-electron chi connectivity index (χ0n) is 32.1. The second kappa shape index (κ2) is 16.3. The van der Waals surface area contributed by atoms with E-state index in [2.05, 4.69) is 31.3 Å². The molecule has 0 aliphatic carbocycles. The number of para-hydroxylation sites is 2. The zero-order valence-corrected chi connectivity index (χ0v) is 32.1. The number of hydrogen-bond donors (Lipinski definition) is 4. The Hall–Kier alpha value is -8.22. The summed E-state index contributed by atoms with van der Waals surface area (Å²) >= 11 is 0. The van der Waals surface area contributed by atoms with Gasteiger partial charge in [-0.1, -0.05) is 84.9 Å². The van der Waals surface area contributed by atoms with Crippen molar-refractivity contribution in [3.8, 4) is 23.0 Å². The lowest BCUT2D eigenvalue weighted by molar-refractivity contribution is 0.102. The SMILES string of the molecule is Cc1cc(-c2nc3ccc(N=Nc4c(O)c(CONc5ccccc5)cc5ccccc45)cc3o2)ccc1N=Nc1c(O)c(C(=O)Nc2ccccc2)cc2ccccc12. The highest BCUT2D eigenvalue weighted by atomic mass is 16.6. The molecule has 8 aromatic carbocycles. The summed E-state index contributed by atoms with van der Waals surface area (Å²) in [6.45, 7) is 1.98. The average molecular weight is 790 g/mol. The Labute approximate surface area is 343 Å². The van der Waals surface area contributed by atoms with Gasteiger partial charge in [0.15, 0.2) is 11.3 Å². The Morgan fingerprint density at radius 2 is 1.32 bits per heavy atom. The van der Waals surface area contributed by atoms with Crippen molar-refractivity contribution in [3.63, 3.8) is 0 Å². The van der Waals surface area contributed by atoms with E-state index in [9.17, 15) is 15.0 Å². The molecule has 1 aromatic heterocycles. The zero-order chi connectivity index (χ0) is 41.0. The van der Waals surface area contributed by atoms with Crippen LogP contribution in [0.15, 0.2) is 183 Å². The highest BCUT2D eigenvalue weighted by molar-refractivity contribution is 6.11. The number of nitrogens with zero attached hydrogens (tertiary/aromatic N) is 5. The number of aromatic hydroxyl groups is 2. The number of aryl methyl sites for hydroxylation is 1. The summed E-state index contributed by atoms with van der Waals surface area (Å²) in [5, 5.41) is 46.4.